The first-order chi connectivity index (χ1) is 62.5. The van der Waals surface area contributed by atoms with Gasteiger partial charge in [-0.3, -0.25) is 0 Å². The molecule has 588 valence electrons. The molecule has 4 aliphatic heterocycles. The molecule has 10 heterocycles. The second kappa shape index (κ2) is 28.6. The van der Waals surface area contributed by atoms with E-state index in [2.05, 4.69) is 419 Å². The third-order valence-electron chi connectivity index (χ3n) is 25.9. The SMILES string of the molecule is c1ccc2c(c1)Sc1cccc3c4cc(-c5ccc6ccccc6c5)ccc4n-2c13.c1ccc2c(c1)Sc1cccc3c4cc(-c5cccc6c5oc5ccccc56)ccc4n-2c13.c1ccc2c(c1)Sc1cccc3c4cc(-c5cccc6c5sc5ccccc56)ccc4n-2c13.c1ccc2c(c1)Sc1cccc3c4cc(-c5cccc6ccccc56)ccc4n-2c13. The van der Waals surface area contributed by atoms with Crippen LogP contribution in [-0.4, -0.2) is 18.3 Å². The number of aromatic nitrogens is 4. The first kappa shape index (κ1) is 72.0. The summed E-state index contributed by atoms with van der Waals surface area (Å²) in [4.78, 5) is 10.5. The van der Waals surface area contributed by atoms with Crippen LogP contribution in [0.4, 0.5) is 0 Å². The molecule has 10 heteroatoms. The summed E-state index contributed by atoms with van der Waals surface area (Å²) in [6.45, 7) is 0. The average Bonchev–Trinajstić information content (AvgIpc) is 1.58. The van der Waals surface area contributed by atoms with Crippen molar-refractivity contribution < 1.29 is 4.42 Å². The van der Waals surface area contributed by atoms with Crippen molar-refractivity contribution in [3.8, 4) is 67.3 Å². The van der Waals surface area contributed by atoms with Crippen molar-refractivity contribution in [2.45, 2.75) is 39.2 Å². The van der Waals surface area contributed by atoms with E-state index in [4.69, 9.17) is 4.42 Å². The Balaban J connectivity index is 0.0000000874. The predicted octanol–water partition coefficient (Wildman–Crippen LogP) is 34.2. The Hall–Kier alpha value is -14.5. The van der Waals surface area contributed by atoms with Gasteiger partial charge in [0.1, 0.15) is 11.2 Å². The van der Waals surface area contributed by atoms with Crippen LogP contribution in [0.15, 0.2) is 456 Å². The van der Waals surface area contributed by atoms with Gasteiger partial charge < -0.3 is 22.7 Å². The highest BCUT2D eigenvalue weighted by Crippen LogP contribution is 2.54. The number of para-hydroxylation sites is 10. The number of rotatable bonds is 4. The van der Waals surface area contributed by atoms with E-state index < -0.39 is 0 Å². The van der Waals surface area contributed by atoms with E-state index in [9.17, 15) is 0 Å². The van der Waals surface area contributed by atoms with Gasteiger partial charge in [-0.2, -0.15) is 0 Å². The summed E-state index contributed by atoms with van der Waals surface area (Å²) in [5.41, 5.74) is 27.3. The predicted molar refractivity (Wildman–Crippen MR) is 537 cm³/mol. The van der Waals surface area contributed by atoms with Gasteiger partial charge in [-0.1, -0.05) is 320 Å². The van der Waals surface area contributed by atoms with Crippen molar-refractivity contribution >= 4 is 209 Å². The molecule has 0 spiro atoms. The van der Waals surface area contributed by atoms with Crippen molar-refractivity contribution in [1.29, 1.82) is 0 Å². The highest BCUT2D eigenvalue weighted by molar-refractivity contribution is 8.00. The Morgan fingerprint density at radius 2 is 0.524 bits per heavy atom. The maximum atomic E-state index is 6.33. The van der Waals surface area contributed by atoms with Crippen LogP contribution in [0, 0.1) is 0 Å². The molecule has 0 amide bonds. The Kier molecular flexibility index (Phi) is 16.3. The summed E-state index contributed by atoms with van der Waals surface area (Å²) in [7, 11) is 0. The van der Waals surface area contributed by atoms with Crippen molar-refractivity contribution in [2.24, 2.45) is 0 Å². The Labute approximate surface area is 744 Å². The normalized spacial score (nSPS) is 12.6. The van der Waals surface area contributed by atoms with E-state index in [0.29, 0.717) is 0 Å². The molecule has 0 aliphatic carbocycles. The minimum absolute atomic E-state index is 0.932. The molecule has 5 nitrogen and oxygen atoms in total. The van der Waals surface area contributed by atoms with Crippen LogP contribution in [-0.2, 0) is 0 Å². The van der Waals surface area contributed by atoms with Crippen molar-refractivity contribution in [1.82, 2.24) is 18.3 Å². The molecule has 0 fully saturated rings. The quantitative estimate of drug-likeness (QED) is 0.175. The van der Waals surface area contributed by atoms with Gasteiger partial charge in [0.15, 0.2) is 0 Å². The Bertz CT molecular complexity index is 8870. The maximum absolute atomic E-state index is 6.33. The van der Waals surface area contributed by atoms with Gasteiger partial charge in [0.05, 0.1) is 66.9 Å². The molecule has 4 aliphatic rings. The summed E-state index contributed by atoms with van der Waals surface area (Å²) < 4.78 is 18.8. The maximum Gasteiger partial charge on any atom is 0.143 e. The largest absolute Gasteiger partial charge is 0.455 e. The second-order valence-electron chi connectivity index (χ2n) is 32.8. The van der Waals surface area contributed by atoms with Gasteiger partial charge in [-0.15, -0.1) is 11.3 Å². The zero-order valence-electron chi connectivity index (χ0n) is 67.5. The molecular weight excluding hydrogens is 1630 g/mol. The molecular formula is C116H68N4OS5. The number of thiophene rings is 1. The van der Waals surface area contributed by atoms with Crippen molar-refractivity contribution in [3.05, 3.63) is 413 Å². The van der Waals surface area contributed by atoms with Gasteiger partial charge in [-0.05, 0) is 200 Å². The van der Waals surface area contributed by atoms with Crippen LogP contribution in [0.3, 0.4) is 0 Å². The lowest BCUT2D eigenvalue weighted by Gasteiger charge is -2.19. The molecule has 0 radical (unpaired) electrons. The monoisotopic (exact) mass is 1690 g/mol. The summed E-state index contributed by atoms with van der Waals surface area (Å²) >= 11 is 9.37. The third-order valence-corrected chi connectivity index (χ3v) is 31.6. The van der Waals surface area contributed by atoms with E-state index in [1.54, 1.807) is 0 Å². The average molecular weight is 1690 g/mol. The summed E-state index contributed by atoms with van der Waals surface area (Å²) in [6, 6.07) is 150. The highest BCUT2D eigenvalue weighted by atomic mass is 32.2. The van der Waals surface area contributed by atoms with E-state index in [-0.39, 0.29) is 0 Å². The van der Waals surface area contributed by atoms with Gasteiger partial charge in [0.25, 0.3) is 0 Å². The number of hydrogen-bond acceptors (Lipinski definition) is 6. The number of benzene rings is 20. The summed E-state index contributed by atoms with van der Waals surface area (Å²) in [6.07, 6.45) is 0. The van der Waals surface area contributed by atoms with E-state index in [0.717, 1.165) is 27.5 Å². The molecule has 0 saturated heterocycles. The van der Waals surface area contributed by atoms with Crippen molar-refractivity contribution in [3.63, 3.8) is 0 Å². The van der Waals surface area contributed by atoms with Crippen LogP contribution in [0.5, 0.6) is 0 Å². The summed E-state index contributed by atoms with van der Waals surface area (Å²) in [5, 5.41) is 20.7. The smallest absolute Gasteiger partial charge is 0.143 e. The van der Waals surface area contributed by atoms with Crippen LogP contribution < -0.4 is 0 Å². The fraction of sp³-hybridized carbons (Fsp3) is 0. The fourth-order valence-corrected chi connectivity index (χ4v) is 26.0. The zero-order chi connectivity index (χ0) is 82.3. The zero-order valence-corrected chi connectivity index (χ0v) is 71.6. The molecule has 20 aromatic carbocycles. The third kappa shape index (κ3) is 11.1. The highest BCUT2D eigenvalue weighted by Gasteiger charge is 2.29. The lowest BCUT2D eigenvalue weighted by atomic mass is 9.97. The number of hydrogen-bond donors (Lipinski definition) is 0. The minimum Gasteiger partial charge on any atom is -0.455 e. The van der Waals surface area contributed by atoms with Gasteiger partial charge in [-0.25, -0.2) is 0 Å². The van der Waals surface area contributed by atoms with Crippen LogP contribution in [0.2, 0.25) is 0 Å². The molecule has 0 N–H and O–H groups in total. The molecule has 126 heavy (non-hydrogen) atoms. The standard InChI is InChI=1S/C30H17NOS.C30H17NS2.2C28H17NS/c1-3-12-26-20(7-1)22-10-5-8-19(30(22)32-26)18-15-16-24-23(17-18)21-9-6-14-28-29(21)31(24)25-11-2-4-13-27(25)33-28;1-3-12-26-20(7-1)22-10-5-8-19(30(22)33-26)18-15-16-24-23(17-18)21-9-6-14-28-29(21)31(24)25-11-2-4-13-27(25)32-28;1-2-9-20-18(7-1)8-5-10-21(20)19-15-16-24-23(17-19)22-11-6-14-27-28(22)29(24)25-12-3-4-13-26(25)30-27;1-2-7-19-16-20(13-12-18(19)6-1)21-14-15-24-23(17-21)22-8-5-11-27-28(22)29(24)25-9-3-4-10-26(25)30-27/h2*1-17H;2*1-17H. The molecule has 30 rings (SSSR count). The molecule has 0 atom stereocenters. The van der Waals surface area contributed by atoms with E-state index >= 15 is 0 Å². The van der Waals surface area contributed by atoms with Crippen LogP contribution in [0.1, 0.15) is 0 Å². The second-order valence-corrected chi connectivity index (χ2v) is 38.2. The minimum atomic E-state index is 0.932. The summed E-state index contributed by atoms with van der Waals surface area (Å²) in [5.74, 6) is 0. The molecule has 0 saturated carbocycles. The first-order valence-electron chi connectivity index (χ1n) is 42.6. The lowest BCUT2D eigenvalue weighted by Crippen LogP contribution is -2.00. The molecule has 26 aromatic rings. The fourth-order valence-electron chi connectivity index (χ4n) is 20.3. The van der Waals surface area contributed by atoms with Gasteiger partial charge in [0.2, 0.25) is 0 Å². The molecule has 0 unspecified atom stereocenters. The van der Waals surface area contributed by atoms with Crippen LogP contribution in [0.25, 0.3) is 218 Å². The Morgan fingerprint density at radius 3 is 1.05 bits per heavy atom. The first-order valence-corrected chi connectivity index (χ1v) is 46.7. The van der Waals surface area contributed by atoms with Crippen LogP contribution >= 0.6 is 58.4 Å². The van der Waals surface area contributed by atoms with Gasteiger partial charge >= 0.3 is 0 Å². The molecule has 0 bridgehead atoms. The van der Waals surface area contributed by atoms with E-state index in [1.807, 2.05) is 70.5 Å². The Morgan fingerprint density at radius 1 is 0.190 bits per heavy atom. The lowest BCUT2D eigenvalue weighted by molar-refractivity contribution is 0.670. The number of nitrogens with zero attached hydrogens (tertiary/aromatic N) is 4. The van der Waals surface area contributed by atoms with Gasteiger partial charge in [0, 0.05) is 119 Å². The topological polar surface area (TPSA) is 32.9 Å². The number of fused-ring (bicyclic) bond motifs is 28. The molecule has 6 aromatic heterocycles. The van der Waals surface area contributed by atoms with E-state index in [1.165, 1.54) is 230 Å². The number of furan rings is 1. The van der Waals surface area contributed by atoms with Crippen molar-refractivity contribution in [2.75, 3.05) is 0 Å².